The van der Waals surface area contributed by atoms with Crippen LogP contribution in [-0.2, 0) is 19.4 Å². The molecule has 0 aliphatic carbocycles. The lowest BCUT2D eigenvalue weighted by Gasteiger charge is -2.05. The summed E-state index contributed by atoms with van der Waals surface area (Å²) in [6.07, 6.45) is 1.24. The lowest BCUT2D eigenvalue weighted by atomic mass is 10.0. The molecule has 0 amide bonds. The van der Waals surface area contributed by atoms with Gasteiger partial charge in [-0.25, -0.2) is 0 Å². The van der Waals surface area contributed by atoms with Crippen LogP contribution in [-0.4, -0.2) is 22.1 Å². The molecule has 0 aliphatic heterocycles. The van der Waals surface area contributed by atoms with E-state index in [0.29, 0.717) is 13.0 Å². The molecule has 2 aromatic rings. The number of hydrogen-bond acceptors (Lipinski definition) is 3. The maximum absolute atomic E-state index is 12.3. The predicted octanol–water partition coefficient (Wildman–Crippen LogP) is 2.14. The third-order valence-corrected chi connectivity index (χ3v) is 3.34. The second-order valence-electron chi connectivity index (χ2n) is 4.93. The minimum Gasteiger partial charge on any atom is -0.330 e. The molecule has 2 rings (SSSR count). The van der Waals surface area contributed by atoms with E-state index in [1.165, 1.54) is 5.56 Å². The Labute approximate surface area is 119 Å². The van der Waals surface area contributed by atoms with E-state index < -0.39 is 0 Å². The second kappa shape index (κ2) is 6.48. The van der Waals surface area contributed by atoms with Crippen molar-refractivity contribution in [3.63, 3.8) is 0 Å². The monoisotopic (exact) mass is 271 g/mol. The number of benzene rings is 1. The highest BCUT2D eigenvalue weighted by molar-refractivity contribution is 5.97. The fourth-order valence-corrected chi connectivity index (χ4v) is 2.31. The first-order chi connectivity index (χ1) is 9.63. The van der Waals surface area contributed by atoms with Gasteiger partial charge in [0.15, 0.2) is 5.78 Å². The number of ketones is 1. The SMILES string of the molecule is CCn1nc(C)cc1CC(=O)c1ccc(CCN)cc1. The van der Waals surface area contributed by atoms with Gasteiger partial charge >= 0.3 is 0 Å². The number of rotatable bonds is 6. The van der Waals surface area contributed by atoms with E-state index in [1.54, 1.807) is 0 Å². The number of aryl methyl sites for hydroxylation is 2. The molecule has 1 heterocycles. The van der Waals surface area contributed by atoms with Gasteiger partial charge in [-0.1, -0.05) is 24.3 Å². The normalized spacial score (nSPS) is 10.8. The lowest BCUT2D eigenvalue weighted by molar-refractivity contribution is 0.0990. The zero-order chi connectivity index (χ0) is 14.5. The average Bonchev–Trinajstić information content (AvgIpc) is 2.80. The standard InChI is InChI=1S/C16H21N3O/c1-3-19-15(10-12(2)18-19)11-16(20)14-6-4-13(5-7-14)8-9-17/h4-7,10H,3,8-9,11,17H2,1-2H3. The van der Waals surface area contributed by atoms with Crippen molar-refractivity contribution < 1.29 is 4.79 Å². The Morgan fingerprint density at radius 3 is 2.60 bits per heavy atom. The number of Topliss-reactive ketones (excluding diaryl/α,β-unsaturated/α-hetero) is 1. The van der Waals surface area contributed by atoms with Crippen LogP contribution in [0.1, 0.15) is 34.2 Å². The van der Waals surface area contributed by atoms with Crippen LogP contribution in [0, 0.1) is 6.92 Å². The van der Waals surface area contributed by atoms with Gasteiger partial charge in [-0.15, -0.1) is 0 Å². The number of carbonyl (C=O) groups excluding carboxylic acids is 1. The van der Waals surface area contributed by atoms with Crippen molar-refractivity contribution in [3.05, 3.63) is 52.8 Å². The summed E-state index contributed by atoms with van der Waals surface area (Å²) < 4.78 is 1.88. The van der Waals surface area contributed by atoms with Crippen molar-refractivity contribution in [1.82, 2.24) is 9.78 Å². The van der Waals surface area contributed by atoms with Crippen LogP contribution in [0.3, 0.4) is 0 Å². The Balaban J connectivity index is 2.11. The zero-order valence-corrected chi connectivity index (χ0v) is 12.1. The van der Waals surface area contributed by atoms with Gasteiger partial charge in [-0.2, -0.15) is 5.10 Å². The Kier molecular flexibility index (Phi) is 4.69. The van der Waals surface area contributed by atoms with E-state index in [1.807, 2.05) is 48.9 Å². The molecule has 20 heavy (non-hydrogen) atoms. The Bertz CT molecular complexity index is 584. The molecule has 0 bridgehead atoms. The quantitative estimate of drug-likeness (QED) is 0.819. The van der Waals surface area contributed by atoms with Crippen LogP contribution >= 0.6 is 0 Å². The predicted molar refractivity (Wildman–Crippen MR) is 79.9 cm³/mol. The van der Waals surface area contributed by atoms with Gasteiger partial charge in [0.05, 0.1) is 12.1 Å². The van der Waals surface area contributed by atoms with Crippen molar-refractivity contribution in [3.8, 4) is 0 Å². The van der Waals surface area contributed by atoms with Gasteiger partial charge in [0.1, 0.15) is 0 Å². The molecule has 4 heteroatoms. The number of nitrogens with two attached hydrogens (primary N) is 1. The van der Waals surface area contributed by atoms with Crippen molar-refractivity contribution in [2.45, 2.75) is 33.2 Å². The molecule has 1 aromatic heterocycles. The molecule has 0 atom stereocenters. The summed E-state index contributed by atoms with van der Waals surface area (Å²) in [6.45, 7) is 5.39. The van der Waals surface area contributed by atoms with Crippen LogP contribution in [0.25, 0.3) is 0 Å². The minimum absolute atomic E-state index is 0.124. The minimum atomic E-state index is 0.124. The van der Waals surface area contributed by atoms with E-state index in [-0.39, 0.29) is 5.78 Å². The smallest absolute Gasteiger partial charge is 0.168 e. The third kappa shape index (κ3) is 3.33. The Morgan fingerprint density at radius 1 is 1.30 bits per heavy atom. The first-order valence-corrected chi connectivity index (χ1v) is 6.99. The summed E-state index contributed by atoms with van der Waals surface area (Å²) in [5.74, 6) is 0.124. The molecule has 0 spiro atoms. The maximum Gasteiger partial charge on any atom is 0.168 e. The molecule has 0 aliphatic rings. The van der Waals surface area contributed by atoms with Gasteiger partial charge in [0, 0.05) is 17.8 Å². The maximum atomic E-state index is 12.3. The molecule has 1 aromatic carbocycles. The summed E-state index contributed by atoms with van der Waals surface area (Å²) in [6, 6.07) is 9.69. The van der Waals surface area contributed by atoms with Gasteiger partial charge in [0.2, 0.25) is 0 Å². The highest BCUT2D eigenvalue weighted by atomic mass is 16.1. The van der Waals surface area contributed by atoms with Gasteiger partial charge < -0.3 is 5.73 Å². The first-order valence-electron chi connectivity index (χ1n) is 6.99. The van der Waals surface area contributed by atoms with Crippen LogP contribution in [0.5, 0.6) is 0 Å². The van der Waals surface area contributed by atoms with E-state index in [2.05, 4.69) is 5.10 Å². The highest BCUT2D eigenvalue weighted by Crippen LogP contribution is 2.11. The summed E-state index contributed by atoms with van der Waals surface area (Å²) in [5, 5.41) is 4.36. The average molecular weight is 271 g/mol. The summed E-state index contributed by atoms with van der Waals surface area (Å²) in [5.41, 5.74) is 9.35. The van der Waals surface area contributed by atoms with E-state index in [0.717, 1.165) is 29.9 Å². The number of aromatic nitrogens is 2. The topological polar surface area (TPSA) is 60.9 Å². The van der Waals surface area contributed by atoms with Crippen molar-refractivity contribution in [1.29, 1.82) is 0 Å². The highest BCUT2D eigenvalue weighted by Gasteiger charge is 2.11. The van der Waals surface area contributed by atoms with E-state index in [4.69, 9.17) is 5.73 Å². The van der Waals surface area contributed by atoms with Crippen molar-refractivity contribution >= 4 is 5.78 Å². The summed E-state index contributed by atoms with van der Waals surface area (Å²) in [7, 11) is 0. The Hall–Kier alpha value is -1.94. The van der Waals surface area contributed by atoms with E-state index in [9.17, 15) is 4.79 Å². The van der Waals surface area contributed by atoms with E-state index >= 15 is 0 Å². The van der Waals surface area contributed by atoms with Gasteiger partial charge in [0.25, 0.3) is 0 Å². The molecular weight excluding hydrogens is 250 g/mol. The van der Waals surface area contributed by atoms with Crippen LogP contribution in [0.2, 0.25) is 0 Å². The van der Waals surface area contributed by atoms with Gasteiger partial charge in [-0.3, -0.25) is 9.48 Å². The molecule has 0 fully saturated rings. The molecule has 4 nitrogen and oxygen atoms in total. The van der Waals surface area contributed by atoms with Crippen LogP contribution < -0.4 is 5.73 Å². The summed E-state index contributed by atoms with van der Waals surface area (Å²) >= 11 is 0. The molecule has 0 saturated carbocycles. The summed E-state index contributed by atoms with van der Waals surface area (Å²) in [4.78, 5) is 12.3. The molecule has 0 saturated heterocycles. The molecule has 0 unspecified atom stereocenters. The fourth-order valence-electron chi connectivity index (χ4n) is 2.31. The Morgan fingerprint density at radius 2 is 2.00 bits per heavy atom. The largest absolute Gasteiger partial charge is 0.330 e. The molecule has 0 radical (unpaired) electrons. The number of nitrogens with zero attached hydrogens (tertiary/aromatic N) is 2. The van der Waals surface area contributed by atoms with Crippen LogP contribution in [0.15, 0.2) is 30.3 Å². The van der Waals surface area contributed by atoms with Gasteiger partial charge in [-0.05, 0) is 38.4 Å². The van der Waals surface area contributed by atoms with Crippen LogP contribution in [0.4, 0.5) is 0 Å². The van der Waals surface area contributed by atoms with Crippen molar-refractivity contribution in [2.75, 3.05) is 6.54 Å². The fraction of sp³-hybridized carbons (Fsp3) is 0.375. The molecular formula is C16H21N3O. The number of carbonyl (C=O) groups is 1. The third-order valence-electron chi connectivity index (χ3n) is 3.34. The van der Waals surface area contributed by atoms with Crippen molar-refractivity contribution in [2.24, 2.45) is 5.73 Å². The second-order valence-corrected chi connectivity index (χ2v) is 4.93. The molecule has 106 valence electrons. The molecule has 2 N–H and O–H groups in total. The lowest BCUT2D eigenvalue weighted by Crippen LogP contribution is -2.10. The first kappa shape index (κ1) is 14.5. The zero-order valence-electron chi connectivity index (χ0n) is 12.1. The number of hydrogen-bond donors (Lipinski definition) is 1.